The van der Waals surface area contributed by atoms with Gasteiger partial charge in [0.15, 0.2) is 5.82 Å². The number of H-pyrrole nitrogens is 1. The van der Waals surface area contributed by atoms with E-state index >= 15 is 0 Å². The molecule has 0 aliphatic carbocycles. The fourth-order valence-electron chi connectivity index (χ4n) is 3.09. The molecule has 3 rings (SSSR count). The number of nitrogens with one attached hydrogen (secondary N) is 1. The summed E-state index contributed by atoms with van der Waals surface area (Å²) >= 11 is 0. The SMILES string of the molecule is Cc1nc(C2CCN(S(=O)(=O)c3cccc(C(=O)N(C)C)c3)CC2)n[nH]1. The Hall–Kier alpha value is -2.26. The van der Waals surface area contributed by atoms with Crippen LogP contribution in [0, 0.1) is 6.92 Å². The topological polar surface area (TPSA) is 99.3 Å². The van der Waals surface area contributed by atoms with Gasteiger partial charge in [-0.15, -0.1) is 0 Å². The summed E-state index contributed by atoms with van der Waals surface area (Å²) in [6.45, 7) is 2.66. The van der Waals surface area contributed by atoms with E-state index in [0.717, 1.165) is 11.6 Å². The molecule has 1 saturated heterocycles. The number of rotatable bonds is 4. The van der Waals surface area contributed by atoms with Crippen molar-refractivity contribution in [2.24, 2.45) is 0 Å². The maximum absolute atomic E-state index is 12.9. The van der Waals surface area contributed by atoms with Gasteiger partial charge >= 0.3 is 0 Å². The maximum atomic E-state index is 12.9. The van der Waals surface area contributed by atoms with Crippen LogP contribution < -0.4 is 0 Å². The lowest BCUT2D eigenvalue weighted by Gasteiger charge is -2.30. The normalized spacial score (nSPS) is 16.6. The minimum Gasteiger partial charge on any atom is -0.345 e. The molecule has 0 unspecified atom stereocenters. The van der Waals surface area contributed by atoms with Gasteiger partial charge in [0.2, 0.25) is 10.0 Å². The largest absolute Gasteiger partial charge is 0.345 e. The van der Waals surface area contributed by atoms with Gasteiger partial charge in [0.05, 0.1) is 4.90 Å². The van der Waals surface area contributed by atoms with Gasteiger partial charge in [0, 0.05) is 38.7 Å². The Morgan fingerprint density at radius 1 is 1.27 bits per heavy atom. The average Bonchev–Trinajstić information content (AvgIpc) is 3.07. The molecule has 0 atom stereocenters. The molecular weight excluding hydrogens is 354 g/mol. The van der Waals surface area contributed by atoms with Crippen molar-refractivity contribution in [2.75, 3.05) is 27.2 Å². The second-order valence-electron chi connectivity index (χ2n) is 6.68. The number of aryl methyl sites for hydroxylation is 1. The number of carbonyl (C=O) groups excluding carboxylic acids is 1. The van der Waals surface area contributed by atoms with Crippen LogP contribution in [0.25, 0.3) is 0 Å². The quantitative estimate of drug-likeness (QED) is 0.868. The molecule has 8 nitrogen and oxygen atoms in total. The highest BCUT2D eigenvalue weighted by Gasteiger charge is 2.31. The van der Waals surface area contributed by atoms with Crippen molar-refractivity contribution in [1.29, 1.82) is 0 Å². The zero-order valence-corrected chi connectivity index (χ0v) is 16.0. The van der Waals surface area contributed by atoms with Crippen LogP contribution in [-0.2, 0) is 10.0 Å². The van der Waals surface area contributed by atoms with Gasteiger partial charge < -0.3 is 4.90 Å². The summed E-state index contributed by atoms with van der Waals surface area (Å²) in [5.41, 5.74) is 0.363. The van der Waals surface area contributed by atoms with Crippen LogP contribution in [0.15, 0.2) is 29.2 Å². The number of sulfonamides is 1. The van der Waals surface area contributed by atoms with Gasteiger partial charge in [0.25, 0.3) is 5.91 Å². The molecule has 2 aromatic rings. The molecule has 0 bridgehead atoms. The van der Waals surface area contributed by atoms with Crippen molar-refractivity contribution >= 4 is 15.9 Å². The molecular formula is C17H23N5O3S. The summed E-state index contributed by atoms with van der Waals surface area (Å²) in [7, 11) is -0.354. The number of nitrogens with zero attached hydrogens (tertiary/aromatic N) is 4. The first-order valence-electron chi connectivity index (χ1n) is 8.50. The monoisotopic (exact) mass is 377 g/mol. The van der Waals surface area contributed by atoms with Crippen molar-refractivity contribution in [3.8, 4) is 0 Å². The molecule has 1 aliphatic rings. The predicted octanol–water partition coefficient (Wildman–Crippen LogP) is 1.38. The van der Waals surface area contributed by atoms with Gasteiger partial charge in [-0.25, -0.2) is 13.4 Å². The molecule has 9 heteroatoms. The number of benzene rings is 1. The van der Waals surface area contributed by atoms with Crippen LogP contribution in [0.3, 0.4) is 0 Å². The first-order chi connectivity index (χ1) is 12.3. The highest BCUT2D eigenvalue weighted by atomic mass is 32.2. The van der Waals surface area contributed by atoms with E-state index in [-0.39, 0.29) is 16.7 Å². The Kier molecular flexibility index (Phi) is 5.10. The first-order valence-corrected chi connectivity index (χ1v) is 9.94. The van der Waals surface area contributed by atoms with Gasteiger partial charge in [-0.1, -0.05) is 6.07 Å². The number of carbonyl (C=O) groups is 1. The van der Waals surface area contributed by atoms with Gasteiger partial charge in [-0.3, -0.25) is 9.89 Å². The molecule has 1 amide bonds. The molecule has 1 aromatic heterocycles. The maximum Gasteiger partial charge on any atom is 0.253 e. The van der Waals surface area contributed by atoms with Crippen LogP contribution in [0.1, 0.15) is 40.8 Å². The lowest BCUT2D eigenvalue weighted by molar-refractivity contribution is 0.0827. The minimum atomic E-state index is -3.63. The number of hydrogen-bond acceptors (Lipinski definition) is 5. The Balaban J connectivity index is 1.75. The average molecular weight is 377 g/mol. The van der Waals surface area contributed by atoms with Crippen LogP contribution in [0.2, 0.25) is 0 Å². The van der Waals surface area contributed by atoms with E-state index in [1.54, 1.807) is 26.2 Å². The number of amides is 1. The third-order valence-corrected chi connectivity index (χ3v) is 6.45. The molecule has 26 heavy (non-hydrogen) atoms. The molecule has 2 heterocycles. The molecule has 140 valence electrons. The number of aromatic nitrogens is 3. The molecule has 1 aromatic carbocycles. The van der Waals surface area contributed by atoms with Crippen LogP contribution in [0.5, 0.6) is 0 Å². The fraction of sp³-hybridized carbons (Fsp3) is 0.471. The third-order valence-electron chi connectivity index (χ3n) is 4.56. The van der Waals surface area contributed by atoms with E-state index in [1.807, 2.05) is 6.92 Å². The second kappa shape index (κ2) is 7.16. The molecule has 1 fully saturated rings. The highest BCUT2D eigenvalue weighted by Crippen LogP contribution is 2.29. The number of hydrogen-bond donors (Lipinski definition) is 1. The van der Waals surface area contributed by atoms with E-state index in [0.29, 0.717) is 31.5 Å². The predicted molar refractivity (Wildman–Crippen MR) is 96.3 cm³/mol. The van der Waals surface area contributed by atoms with Crippen molar-refractivity contribution in [3.05, 3.63) is 41.5 Å². The molecule has 0 radical (unpaired) electrons. The molecule has 1 aliphatic heterocycles. The Morgan fingerprint density at radius 2 is 1.96 bits per heavy atom. The van der Waals surface area contributed by atoms with E-state index < -0.39 is 10.0 Å². The Bertz CT molecular complexity index is 899. The molecule has 1 N–H and O–H groups in total. The summed E-state index contributed by atoms with van der Waals surface area (Å²) in [5, 5.41) is 7.02. The summed E-state index contributed by atoms with van der Waals surface area (Å²) in [6.07, 6.45) is 1.35. The Labute approximate surface area is 153 Å². The summed E-state index contributed by atoms with van der Waals surface area (Å²) in [4.78, 5) is 18.0. The second-order valence-corrected chi connectivity index (χ2v) is 8.62. The summed E-state index contributed by atoms with van der Waals surface area (Å²) in [5.74, 6) is 1.45. The van der Waals surface area contributed by atoms with E-state index in [9.17, 15) is 13.2 Å². The summed E-state index contributed by atoms with van der Waals surface area (Å²) in [6, 6.07) is 6.21. The third kappa shape index (κ3) is 3.63. The summed E-state index contributed by atoms with van der Waals surface area (Å²) < 4.78 is 27.4. The van der Waals surface area contributed by atoms with Crippen molar-refractivity contribution in [2.45, 2.75) is 30.6 Å². The zero-order valence-electron chi connectivity index (χ0n) is 15.1. The van der Waals surface area contributed by atoms with Crippen LogP contribution in [0.4, 0.5) is 0 Å². The minimum absolute atomic E-state index is 0.150. The van der Waals surface area contributed by atoms with Gasteiger partial charge in [-0.05, 0) is 38.0 Å². The highest BCUT2D eigenvalue weighted by molar-refractivity contribution is 7.89. The first kappa shape index (κ1) is 18.5. The van der Waals surface area contributed by atoms with E-state index in [2.05, 4.69) is 15.2 Å². The van der Waals surface area contributed by atoms with Crippen molar-refractivity contribution < 1.29 is 13.2 Å². The smallest absolute Gasteiger partial charge is 0.253 e. The standard InChI is InChI=1S/C17H23N5O3S/c1-12-18-16(20-19-12)13-7-9-22(10-8-13)26(24,25)15-6-4-5-14(11-15)17(23)21(2)3/h4-6,11,13H,7-10H2,1-3H3,(H,18,19,20). The van der Waals surface area contributed by atoms with E-state index in [4.69, 9.17) is 0 Å². The zero-order chi connectivity index (χ0) is 18.9. The lowest BCUT2D eigenvalue weighted by atomic mass is 9.98. The van der Waals surface area contributed by atoms with Gasteiger partial charge in [-0.2, -0.15) is 9.40 Å². The van der Waals surface area contributed by atoms with Crippen LogP contribution in [-0.4, -0.2) is 65.9 Å². The van der Waals surface area contributed by atoms with E-state index in [1.165, 1.54) is 21.3 Å². The lowest BCUT2D eigenvalue weighted by Crippen LogP contribution is -2.38. The van der Waals surface area contributed by atoms with Crippen molar-refractivity contribution in [3.63, 3.8) is 0 Å². The molecule has 0 spiro atoms. The Morgan fingerprint density at radius 3 is 2.54 bits per heavy atom. The van der Waals surface area contributed by atoms with Gasteiger partial charge in [0.1, 0.15) is 5.82 Å². The number of aromatic amines is 1. The van der Waals surface area contributed by atoms with Crippen molar-refractivity contribution in [1.82, 2.24) is 24.4 Å². The molecule has 0 saturated carbocycles. The van der Waals surface area contributed by atoms with Crippen LogP contribution >= 0.6 is 0 Å². The number of piperidine rings is 1. The fourth-order valence-corrected chi connectivity index (χ4v) is 4.61.